The van der Waals surface area contributed by atoms with Gasteiger partial charge in [-0.3, -0.25) is 5.84 Å². The summed E-state index contributed by atoms with van der Waals surface area (Å²) in [5.74, 6) is 4.74. The Kier molecular flexibility index (Phi) is 6.87. The van der Waals surface area contributed by atoms with E-state index in [1.807, 2.05) is 0 Å². The van der Waals surface area contributed by atoms with E-state index in [2.05, 4.69) is 0 Å². The number of nitrogens with one attached hydrogen (secondary N) is 1. The van der Waals surface area contributed by atoms with Crippen molar-refractivity contribution in [1.82, 2.24) is 0 Å². The molecule has 0 aliphatic carbocycles. The number of rotatable bonds is 1. The summed E-state index contributed by atoms with van der Waals surface area (Å²) in [6, 6.07) is 0.991. The molecule has 0 saturated heterocycles. The molecular weight excluding hydrogens is 309 g/mol. The third-order valence-corrected chi connectivity index (χ3v) is 1.81. The van der Waals surface area contributed by atoms with Crippen LogP contribution in [0.1, 0.15) is 11.1 Å². The Labute approximate surface area is 110 Å². The van der Waals surface area contributed by atoms with Crippen LogP contribution in [0.4, 0.5) is 32.0 Å². The van der Waals surface area contributed by atoms with Crippen molar-refractivity contribution in [2.24, 2.45) is 5.84 Å². The highest BCUT2D eigenvalue weighted by Crippen LogP contribution is 2.38. The molecule has 1 aromatic carbocycles. The molecule has 0 amide bonds. The Bertz CT molecular complexity index is 390. The summed E-state index contributed by atoms with van der Waals surface area (Å²) in [5.41, 5.74) is -1.67. The van der Waals surface area contributed by atoms with Gasteiger partial charge in [0.1, 0.15) is 0 Å². The molecule has 0 heterocycles. The fourth-order valence-electron chi connectivity index (χ4n) is 1.09. The second-order valence-corrected chi connectivity index (χ2v) is 2.90. The number of nitrogen functional groups attached to an aromatic ring is 1. The molecule has 10 heteroatoms. The van der Waals surface area contributed by atoms with E-state index in [0.29, 0.717) is 18.2 Å². The standard InChI is InChI=1S/C8H6F6N2.2ClH/c9-7(10,11)4-1-2-5(8(12,13)14)6(3-4)16-15;;/h1-3,16H,15H2;2*1H. The summed E-state index contributed by atoms with van der Waals surface area (Å²) in [5, 5.41) is 0. The van der Waals surface area contributed by atoms with E-state index in [0.717, 1.165) is 0 Å². The van der Waals surface area contributed by atoms with Gasteiger partial charge < -0.3 is 5.43 Å². The molecule has 0 radical (unpaired) electrons. The zero-order valence-electron chi connectivity index (χ0n) is 8.39. The first-order valence-electron chi connectivity index (χ1n) is 3.91. The molecule has 2 nitrogen and oxygen atoms in total. The number of halogens is 8. The van der Waals surface area contributed by atoms with Crippen LogP contribution in [0.2, 0.25) is 0 Å². The van der Waals surface area contributed by atoms with Gasteiger partial charge in [0.25, 0.3) is 0 Å². The normalized spacial score (nSPS) is 11.3. The lowest BCUT2D eigenvalue weighted by molar-refractivity contribution is -0.140. The van der Waals surface area contributed by atoms with E-state index in [1.54, 1.807) is 5.43 Å². The molecular formula is C8H8Cl2F6N2. The van der Waals surface area contributed by atoms with Gasteiger partial charge >= 0.3 is 12.4 Å². The lowest BCUT2D eigenvalue weighted by Gasteiger charge is -2.14. The molecule has 0 atom stereocenters. The van der Waals surface area contributed by atoms with Crippen molar-refractivity contribution in [3.05, 3.63) is 29.3 Å². The zero-order chi connectivity index (χ0) is 12.6. The van der Waals surface area contributed by atoms with Gasteiger partial charge in [0, 0.05) is 0 Å². The lowest BCUT2D eigenvalue weighted by atomic mass is 10.1. The number of benzene rings is 1. The Balaban J connectivity index is 0. The predicted octanol–water partition coefficient (Wildman–Crippen LogP) is 3.85. The van der Waals surface area contributed by atoms with Gasteiger partial charge in [0.05, 0.1) is 16.8 Å². The summed E-state index contributed by atoms with van der Waals surface area (Å²) in [6.45, 7) is 0. The SMILES string of the molecule is Cl.Cl.NNc1cc(C(F)(F)F)ccc1C(F)(F)F. The van der Waals surface area contributed by atoms with Crippen LogP contribution in [0.25, 0.3) is 0 Å². The zero-order valence-corrected chi connectivity index (χ0v) is 10.0. The fourth-order valence-corrected chi connectivity index (χ4v) is 1.09. The van der Waals surface area contributed by atoms with E-state index < -0.39 is 29.2 Å². The number of hydrogen-bond acceptors (Lipinski definition) is 2. The van der Waals surface area contributed by atoms with Crippen LogP contribution in [-0.2, 0) is 12.4 Å². The summed E-state index contributed by atoms with van der Waals surface area (Å²) in [6.07, 6.45) is -9.47. The average Bonchev–Trinajstić information content (AvgIpc) is 2.14. The molecule has 0 aliphatic heterocycles. The Morgan fingerprint density at radius 1 is 0.889 bits per heavy atom. The van der Waals surface area contributed by atoms with Crippen LogP contribution < -0.4 is 11.3 Å². The minimum Gasteiger partial charge on any atom is -0.324 e. The first kappa shape index (κ1) is 19.5. The molecule has 18 heavy (non-hydrogen) atoms. The largest absolute Gasteiger partial charge is 0.418 e. The first-order valence-corrected chi connectivity index (χ1v) is 3.91. The van der Waals surface area contributed by atoms with E-state index in [4.69, 9.17) is 5.84 Å². The molecule has 3 N–H and O–H groups in total. The van der Waals surface area contributed by atoms with Crippen molar-refractivity contribution < 1.29 is 26.3 Å². The van der Waals surface area contributed by atoms with Gasteiger partial charge in [0.15, 0.2) is 0 Å². The van der Waals surface area contributed by atoms with Gasteiger partial charge in [-0.1, -0.05) is 0 Å². The minimum atomic E-state index is -4.76. The maximum Gasteiger partial charge on any atom is 0.418 e. The van der Waals surface area contributed by atoms with Crippen LogP contribution in [0, 0.1) is 0 Å². The number of alkyl halides is 6. The topological polar surface area (TPSA) is 38.0 Å². The number of nitrogens with two attached hydrogens (primary N) is 1. The predicted molar refractivity (Wildman–Crippen MR) is 58.8 cm³/mol. The number of hydrogen-bond donors (Lipinski definition) is 2. The van der Waals surface area contributed by atoms with Crippen LogP contribution in [0.3, 0.4) is 0 Å². The molecule has 0 spiro atoms. The highest BCUT2D eigenvalue weighted by molar-refractivity contribution is 5.85. The lowest BCUT2D eigenvalue weighted by Crippen LogP contribution is -2.16. The maximum absolute atomic E-state index is 12.3. The quantitative estimate of drug-likeness (QED) is 0.469. The van der Waals surface area contributed by atoms with Crippen LogP contribution >= 0.6 is 24.8 Å². The summed E-state index contributed by atoms with van der Waals surface area (Å²) in [4.78, 5) is 0. The van der Waals surface area contributed by atoms with Crippen LogP contribution in [-0.4, -0.2) is 0 Å². The van der Waals surface area contributed by atoms with Crippen molar-refractivity contribution in [2.45, 2.75) is 12.4 Å². The molecule has 0 bridgehead atoms. The van der Waals surface area contributed by atoms with E-state index >= 15 is 0 Å². The van der Waals surface area contributed by atoms with Crippen molar-refractivity contribution in [3.8, 4) is 0 Å². The summed E-state index contributed by atoms with van der Waals surface area (Å²) >= 11 is 0. The highest BCUT2D eigenvalue weighted by Gasteiger charge is 2.36. The monoisotopic (exact) mass is 316 g/mol. The van der Waals surface area contributed by atoms with Crippen LogP contribution in [0.15, 0.2) is 18.2 Å². The Morgan fingerprint density at radius 2 is 1.39 bits per heavy atom. The summed E-state index contributed by atoms with van der Waals surface area (Å²) < 4.78 is 73.4. The van der Waals surface area contributed by atoms with E-state index in [9.17, 15) is 26.3 Å². The van der Waals surface area contributed by atoms with Gasteiger partial charge in [-0.05, 0) is 18.2 Å². The van der Waals surface area contributed by atoms with E-state index in [-0.39, 0.29) is 24.8 Å². The molecule has 106 valence electrons. The summed E-state index contributed by atoms with van der Waals surface area (Å²) in [7, 11) is 0. The van der Waals surface area contributed by atoms with Crippen LogP contribution in [0.5, 0.6) is 0 Å². The van der Waals surface area contributed by atoms with Gasteiger partial charge in [0.2, 0.25) is 0 Å². The van der Waals surface area contributed by atoms with Crippen molar-refractivity contribution in [3.63, 3.8) is 0 Å². The molecule has 0 fully saturated rings. The molecule has 0 aliphatic rings. The molecule has 0 saturated carbocycles. The maximum atomic E-state index is 12.3. The smallest absolute Gasteiger partial charge is 0.324 e. The third kappa shape index (κ3) is 4.43. The molecule has 0 aromatic heterocycles. The van der Waals surface area contributed by atoms with Crippen molar-refractivity contribution in [2.75, 3.05) is 5.43 Å². The first-order chi connectivity index (χ1) is 7.16. The minimum absolute atomic E-state index is 0. The molecule has 1 aromatic rings. The second-order valence-electron chi connectivity index (χ2n) is 2.90. The van der Waals surface area contributed by atoms with Crippen molar-refractivity contribution in [1.29, 1.82) is 0 Å². The molecule has 0 unspecified atom stereocenters. The Morgan fingerprint density at radius 3 is 1.72 bits per heavy atom. The van der Waals surface area contributed by atoms with E-state index in [1.165, 1.54) is 0 Å². The van der Waals surface area contributed by atoms with Gasteiger partial charge in [-0.2, -0.15) is 26.3 Å². The van der Waals surface area contributed by atoms with Crippen molar-refractivity contribution >= 4 is 30.5 Å². The van der Waals surface area contributed by atoms with Gasteiger partial charge in [-0.25, -0.2) is 0 Å². The number of anilines is 1. The average molecular weight is 317 g/mol. The highest BCUT2D eigenvalue weighted by atomic mass is 35.5. The fraction of sp³-hybridized carbons (Fsp3) is 0.250. The second kappa shape index (κ2) is 6.35. The number of hydrazine groups is 1. The third-order valence-electron chi connectivity index (χ3n) is 1.81. The Hall–Kier alpha value is -0.860. The molecule has 1 rings (SSSR count). The van der Waals surface area contributed by atoms with Gasteiger partial charge in [-0.15, -0.1) is 24.8 Å².